The maximum atomic E-state index is 11.6. The highest BCUT2D eigenvalue weighted by Crippen LogP contribution is 2.25. The van der Waals surface area contributed by atoms with Crippen LogP contribution >= 0.6 is 27.7 Å². The molecule has 1 rings (SSSR count). The van der Waals surface area contributed by atoms with Crippen molar-refractivity contribution in [2.45, 2.75) is 19.4 Å². The molecule has 0 saturated carbocycles. The van der Waals surface area contributed by atoms with Crippen LogP contribution in [0, 0.1) is 5.92 Å². The summed E-state index contributed by atoms with van der Waals surface area (Å²) in [5, 5.41) is 0.911. The zero-order valence-corrected chi connectivity index (χ0v) is 10.5. The van der Waals surface area contributed by atoms with E-state index < -0.39 is 0 Å². The third-order valence-corrected chi connectivity index (χ3v) is 3.83. The quantitative estimate of drug-likeness (QED) is 0.728. The monoisotopic (exact) mass is 265 g/mol. The summed E-state index contributed by atoms with van der Waals surface area (Å²) in [6.07, 6.45) is 3.12. The van der Waals surface area contributed by atoms with Crippen molar-refractivity contribution in [3.63, 3.8) is 0 Å². The van der Waals surface area contributed by atoms with Gasteiger partial charge in [-0.25, -0.2) is 0 Å². The Kier molecular flexibility index (Phi) is 4.59. The molecule has 1 aliphatic rings. The number of carbonyl (C=O) groups is 1. The number of thioether (sulfide) groups is 1. The van der Waals surface area contributed by atoms with Crippen molar-refractivity contribution >= 4 is 33.6 Å². The van der Waals surface area contributed by atoms with Gasteiger partial charge in [-0.2, -0.15) is 11.8 Å². The summed E-state index contributed by atoms with van der Waals surface area (Å²) >= 11 is 5.08. The molecule has 1 amide bonds. The van der Waals surface area contributed by atoms with Crippen LogP contribution in [0.4, 0.5) is 0 Å². The number of carbonyl (C=O) groups excluding carboxylic acids is 1. The van der Waals surface area contributed by atoms with E-state index in [-0.39, 0.29) is 0 Å². The molecule has 13 heavy (non-hydrogen) atoms. The first-order valence-corrected chi connectivity index (χ1v) is 7.06. The predicted octanol–water partition coefficient (Wildman–Crippen LogP) is 1.98. The standard InChI is InChI=1S/C9H16BrNOS/c1-7-3-4-11(8(7)5-10)9(12)6-13-2/h7-8H,3-6H2,1-2H3. The molecule has 2 nitrogen and oxygen atoms in total. The molecule has 1 saturated heterocycles. The summed E-state index contributed by atoms with van der Waals surface area (Å²) < 4.78 is 0. The van der Waals surface area contributed by atoms with Crippen molar-refractivity contribution < 1.29 is 4.79 Å². The van der Waals surface area contributed by atoms with E-state index in [9.17, 15) is 4.79 Å². The lowest BCUT2D eigenvalue weighted by Crippen LogP contribution is -2.39. The van der Waals surface area contributed by atoms with Gasteiger partial charge in [-0.1, -0.05) is 22.9 Å². The van der Waals surface area contributed by atoms with E-state index in [1.54, 1.807) is 11.8 Å². The molecule has 0 bridgehead atoms. The highest BCUT2D eigenvalue weighted by atomic mass is 79.9. The molecule has 76 valence electrons. The Labute approximate surface area is 92.6 Å². The minimum absolute atomic E-state index is 0.293. The highest BCUT2D eigenvalue weighted by Gasteiger charge is 2.32. The number of nitrogens with zero attached hydrogens (tertiary/aromatic N) is 1. The van der Waals surface area contributed by atoms with Gasteiger partial charge < -0.3 is 4.90 Å². The Balaban J connectivity index is 2.54. The van der Waals surface area contributed by atoms with Gasteiger partial charge in [0.15, 0.2) is 0 Å². The van der Waals surface area contributed by atoms with E-state index in [2.05, 4.69) is 22.9 Å². The Morgan fingerprint density at radius 3 is 2.92 bits per heavy atom. The van der Waals surface area contributed by atoms with Gasteiger partial charge in [0.2, 0.25) is 5.91 Å². The zero-order valence-electron chi connectivity index (χ0n) is 8.12. The fourth-order valence-electron chi connectivity index (χ4n) is 1.76. The number of hydrogen-bond donors (Lipinski definition) is 0. The van der Waals surface area contributed by atoms with Gasteiger partial charge in [0.25, 0.3) is 0 Å². The molecule has 2 atom stereocenters. The van der Waals surface area contributed by atoms with Gasteiger partial charge >= 0.3 is 0 Å². The molecule has 0 aromatic carbocycles. The topological polar surface area (TPSA) is 20.3 Å². The third kappa shape index (κ3) is 2.62. The Morgan fingerprint density at radius 2 is 2.38 bits per heavy atom. The van der Waals surface area contributed by atoms with Gasteiger partial charge in [-0.05, 0) is 18.6 Å². The first kappa shape index (κ1) is 11.4. The fraction of sp³-hybridized carbons (Fsp3) is 0.889. The number of halogens is 1. The number of amides is 1. The average molecular weight is 266 g/mol. The van der Waals surface area contributed by atoms with Crippen LogP contribution in [0.1, 0.15) is 13.3 Å². The van der Waals surface area contributed by atoms with Crippen molar-refractivity contribution in [1.82, 2.24) is 4.90 Å². The normalized spacial score (nSPS) is 28.1. The molecule has 4 heteroatoms. The van der Waals surface area contributed by atoms with Crippen LogP contribution < -0.4 is 0 Å². The van der Waals surface area contributed by atoms with Crippen LogP contribution in [-0.2, 0) is 4.79 Å². The summed E-state index contributed by atoms with van der Waals surface area (Å²) in [5.41, 5.74) is 0. The van der Waals surface area contributed by atoms with Gasteiger partial charge in [0, 0.05) is 17.9 Å². The number of hydrogen-bond acceptors (Lipinski definition) is 2. The van der Waals surface area contributed by atoms with Crippen LogP contribution in [0.5, 0.6) is 0 Å². The Bertz CT molecular complexity index is 188. The van der Waals surface area contributed by atoms with E-state index in [1.807, 2.05) is 11.2 Å². The first-order chi connectivity index (χ1) is 6.20. The largest absolute Gasteiger partial charge is 0.338 e. The van der Waals surface area contributed by atoms with Crippen LogP contribution in [0.3, 0.4) is 0 Å². The fourth-order valence-corrected chi connectivity index (χ4v) is 3.16. The van der Waals surface area contributed by atoms with Gasteiger partial charge in [0.1, 0.15) is 0 Å². The Hall–Kier alpha value is 0.300. The summed E-state index contributed by atoms with van der Waals surface area (Å²) in [7, 11) is 0. The van der Waals surface area contributed by atoms with Gasteiger partial charge in [0.05, 0.1) is 5.75 Å². The third-order valence-electron chi connectivity index (χ3n) is 2.63. The number of likely N-dealkylation sites (tertiary alicyclic amines) is 1. The van der Waals surface area contributed by atoms with Crippen LogP contribution in [0.25, 0.3) is 0 Å². The van der Waals surface area contributed by atoms with E-state index >= 15 is 0 Å². The summed E-state index contributed by atoms with van der Waals surface area (Å²) in [5.74, 6) is 1.56. The Morgan fingerprint density at radius 1 is 1.69 bits per heavy atom. The molecule has 0 aromatic heterocycles. The molecule has 1 fully saturated rings. The van der Waals surface area contributed by atoms with E-state index in [0.29, 0.717) is 23.6 Å². The lowest BCUT2D eigenvalue weighted by Gasteiger charge is -2.24. The SMILES string of the molecule is CSCC(=O)N1CCC(C)C1CBr. The maximum absolute atomic E-state index is 11.6. The summed E-state index contributed by atoms with van der Waals surface area (Å²) in [6.45, 7) is 3.16. The van der Waals surface area contributed by atoms with Crippen LogP contribution in [0.15, 0.2) is 0 Å². The lowest BCUT2D eigenvalue weighted by molar-refractivity contribution is -0.129. The molecule has 1 aliphatic heterocycles. The molecule has 0 N–H and O–H groups in total. The summed E-state index contributed by atoms with van der Waals surface area (Å²) in [4.78, 5) is 13.7. The van der Waals surface area contributed by atoms with Crippen molar-refractivity contribution in [1.29, 1.82) is 0 Å². The van der Waals surface area contributed by atoms with Crippen molar-refractivity contribution in [2.24, 2.45) is 5.92 Å². The van der Waals surface area contributed by atoms with Gasteiger partial charge in [-0.3, -0.25) is 4.79 Å². The number of rotatable bonds is 3. The molecule has 2 unspecified atom stereocenters. The zero-order chi connectivity index (χ0) is 9.84. The van der Waals surface area contributed by atoms with Gasteiger partial charge in [-0.15, -0.1) is 0 Å². The second-order valence-electron chi connectivity index (χ2n) is 3.51. The van der Waals surface area contributed by atoms with Crippen molar-refractivity contribution in [2.75, 3.05) is 23.9 Å². The smallest absolute Gasteiger partial charge is 0.232 e. The van der Waals surface area contributed by atoms with Crippen molar-refractivity contribution in [3.05, 3.63) is 0 Å². The summed E-state index contributed by atoms with van der Waals surface area (Å²) in [6, 6.07) is 0.416. The molecule has 0 aromatic rings. The van der Waals surface area contributed by atoms with Crippen LogP contribution in [0.2, 0.25) is 0 Å². The van der Waals surface area contributed by atoms with E-state index in [0.717, 1.165) is 18.3 Å². The molecule has 0 spiro atoms. The predicted molar refractivity (Wildman–Crippen MR) is 61.5 cm³/mol. The maximum Gasteiger partial charge on any atom is 0.232 e. The van der Waals surface area contributed by atoms with E-state index in [4.69, 9.17) is 0 Å². The number of alkyl halides is 1. The van der Waals surface area contributed by atoms with Crippen molar-refractivity contribution in [3.8, 4) is 0 Å². The molecule has 1 heterocycles. The average Bonchev–Trinajstić information content (AvgIpc) is 2.47. The molecule has 0 radical (unpaired) electrons. The lowest BCUT2D eigenvalue weighted by atomic mass is 10.1. The molecular weight excluding hydrogens is 250 g/mol. The second kappa shape index (κ2) is 5.25. The highest BCUT2D eigenvalue weighted by molar-refractivity contribution is 9.09. The molecular formula is C9H16BrNOS. The van der Waals surface area contributed by atoms with Crippen LogP contribution in [-0.4, -0.2) is 40.7 Å². The molecule has 0 aliphatic carbocycles. The minimum atomic E-state index is 0.293. The second-order valence-corrected chi connectivity index (χ2v) is 5.02. The first-order valence-electron chi connectivity index (χ1n) is 4.55. The van der Waals surface area contributed by atoms with E-state index in [1.165, 1.54) is 0 Å². The minimum Gasteiger partial charge on any atom is -0.338 e.